The van der Waals surface area contributed by atoms with Gasteiger partial charge in [-0.25, -0.2) is 0 Å². The average Bonchev–Trinajstić information content (AvgIpc) is 1.53. The van der Waals surface area contributed by atoms with Crippen LogP contribution in [0.25, 0.3) is 64.1 Å². The number of unbranched alkanes of at least 4 members (excludes halogenated alkanes) is 8. The normalized spacial score (nSPS) is 14.9. The van der Waals surface area contributed by atoms with E-state index in [0.717, 1.165) is 63.2 Å². The van der Waals surface area contributed by atoms with Crippen molar-refractivity contribution in [2.24, 2.45) is 47.3 Å². The van der Waals surface area contributed by atoms with Crippen LogP contribution < -0.4 is 4.74 Å². The van der Waals surface area contributed by atoms with Gasteiger partial charge in [0.2, 0.25) is 0 Å². The Bertz CT molecular complexity index is 3860. The number of thioether (sulfide) groups is 8. The second-order valence-corrected chi connectivity index (χ2v) is 46.9. The van der Waals surface area contributed by atoms with Gasteiger partial charge < -0.3 is 4.74 Å². The standard InChI is InChI=1S/C52H76O2S6.C50H74S6/c1-10-18-22-35(14-5)31-55-51(56-32-36(15-6)23-19-11-2)47-40-28-43-41(27-42(40)49-44(47)26-39(30-53)59-49)48(45-29-46(54-9)60-50(43)45)52(57-33-37(16-7)24-20-12-3)58-34-38(17-8)25-21-13-4;1-9-17-21-35(13-5)31-53-49(54-32-36(14-6)22-18-10-2)45-39-25-27-51-47(39)43-30-42-44(29-41(43)45)48-40(26-28-52-48)46(42)50(55-33-37(15-7)23-19-11-3)56-34-38(16-8)24-20-12-4/h26-30,35-38H,10-25,31-34H2,1-9H3;25-30,35-38H,9-24,31-34H2,1-8H3. The summed E-state index contributed by atoms with van der Waals surface area (Å²) in [6.45, 7) is 37.9. The highest BCUT2D eigenvalue weighted by Crippen LogP contribution is 2.63. The summed E-state index contributed by atoms with van der Waals surface area (Å²) in [5.41, 5.74) is 22.9. The van der Waals surface area contributed by atoms with Gasteiger partial charge in [-0.05, 0) is 174 Å². The van der Waals surface area contributed by atoms with Crippen molar-refractivity contribution in [3.8, 4) is 46.8 Å². The minimum Gasteiger partial charge on any atom is -0.487 e. The highest BCUT2D eigenvalue weighted by molar-refractivity contribution is 8.23. The van der Waals surface area contributed by atoms with Gasteiger partial charge in [-0.1, -0.05) is 276 Å². The topological polar surface area (TPSA) is 26.3 Å². The monoisotopic (exact) mass is 1790 g/mol. The van der Waals surface area contributed by atoms with Crippen LogP contribution in [0.1, 0.15) is 370 Å². The number of methoxy groups -OCH3 is 1. The van der Waals surface area contributed by atoms with E-state index in [9.17, 15) is 4.79 Å². The second kappa shape index (κ2) is 53.1. The summed E-state index contributed by atoms with van der Waals surface area (Å²) in [5, 5.41) is 5.73. The van der Waals surface area contributed by atoms with E-state index >= 15 is 0 Å². The van der Waals surface area contributed by atoms with Crippen LogP contribution in [0.3, 0.4) is 0 Å². The van der Waals surface area contributed by atoms with Crippen LogP contribution in [0, 0.1) is 47.3 Å². The van der Waals surface area contributed by atoms with E-state index in [2.05, 4.69) is 264 Å². The molecule has 8 atom stereocenters. The first-order valence-electron chi connectivity index (χ1n) is 46.6. The van der Waals surface area contributed by atoms with Gasteiger partial charge in [-0.2, -0.15) is 0 Å². The molecule has 0 spiro atoms. The lowest BCUT2D eigenvalue weighted by molar-refractivity contribution is 0.112. The van der Waals surface area contributed by atoms with Crippen LogP contribution in [0.5, 0.6) is 5.06 Å². The molecule has 2 nitrogen and oxygen atoms in total. The highest BCUT2D eigenvalue weighted by Gasteiger charge is 2.39. The molecule has 10 rings (SSSR count). The SMILES string of the molecule is CCCCC(CC)CSC(SCC(CC)CCCC)=C1c2cc3c(cc2-c2sc(C=O)cc21)C(=C(SCC(CC)CCCC)SCC(CC)CCCC)c1cc(OC)sc1-3.CCCCC(CC)CSC(SCC(CC)CCCC)=C1c2cc3c(cc2-c2sccc21)C(=C(SCC(CC)CCCC)SCC(CC)CCCC)c1ccsc1-3. The molecule has 0 saturated carbocycles. The molecule has 0 aliphatic heterocycles. The molecule has 0 fully saturated rings. The Balaban J connectivity index is 0.000000266. The van der Waals surface area contributed by atoms with Crippen LogP contribution in [-0.2, 0) is 0 Å². The van der Waals surface area contributed by atoms with Gasteiger partial charge in [-0.3, -0.25) is 4.79 Å². The molecular weight excluding hydrogens is 1640 g/mol. The fourth-order valence-electron chi connectivity index (χ4n) is 16.9. The predicted molar refractivity (Wildman–Crippen MR) is 548 cm³/mol. The van der Waals surface area contributed by atoms with Crippen LogP contribution in [-0.4, -0.2) is 59.4 Å². The van der Waals surface area contributed by atoms with Gasteiger partial charge in [0.25, 0.3) is 0 Å². The second-order valence-electron chi connectivity index (χ2n) is 33.7. The molecule has 6 aromatic rings. The zero-order valence-corrected chi connectivity index (χ0v) is 84.8. The van der Waals surface area contributed by atoms with Crippen LogP contribution >= 0.6 is 139 Å². The predicted octanol–water partition coefficient (Wildman–Crippen LogP) is 37.8. The van der Waals surface area contributed by atoms with Crippen molar-refractivity contribution in [3.63, 3.8) is 0 Å². The first kappa shape index (κ1) is 98.3. The number of rotatable bonds is 58. The maximum absolute atomic E-state index is 12.5. The third-order valence-corrected chi connectivity index (χ3v) is 41.1. The Morgan fingerprint density at radius 3 is 0.759 bits per heavy atom. The Morgan fingerprint density at radius 1 is 0.293 bits per heavy atom. The Hall–Kier alpha value is -1.53. The molecule has 4 aromatic heterocycles. The molecule has 14 heteroatoms. The zero-order chi connectivity index (χ0) is 82.9. The number of aldehydes is 1. The Morgan fingerprint density at radius 2 is 0.526 bits per heavy atom. The number of benzene rings is 2. The molecule has 0 bridgehead atoms. The third kappa shape index (κ3) is 26.3. The van der Waals surface area contributed by atoms with Gasteiger partial charge in [0, 0.05) is 155 Å². The smallest absolute Gasteiger partial charge is 0.174 e. The van der Waals surface area contributed by atoms with Crippen LogP contribution in [0.4, 0.5) is 0 Å². The van der Waals surface area contributed by atoms with E-state index in [-0.39, 0.29) is 0 Å². The maximum Gasteiger partial charge on any atom is 0.174 e. The molecule has 0 N–H and O–H groups in total. The summed E-state index contributed by atoms with van der Waals surface area (Å²) < 4.78 is 12.2. The van der Waals surface area contributed by atoms with Crippen LogP contribution in [0.15, 0.2) is 76.2 Å². The Labute approximate surface area is 759 Å². The van der Waals surface area contributed by atoms with Crippen molar-refractivity contribution < 1.29 is 9.53 Å². The van der Waals surface area contributed by atoms with Crippen molar-refractivity contribution in [2.75, 3.05) is 53.1 Å². The number of hydrogen-bond donors (Lipinski definition) is 0. The van der Waals surface area contributed by atoms with Gasteiger partial charge in [-0.15, -0.1) is 128 Å². The lowest BCUT2D eigenvalue weighted by Crippen LogP contribution is -2.05. The minimum absolute atomic E-state index is 0.715. The summed E-state index contributed by atoms with van der Waals surface area (Å²) in [4.78, 5) is 19.0. The summed E-state index contributed by atoms with van der Waals surface area (Å²) in [6.07, 6.45) is 42.7. The molecule has 642 valence electrons. The molecule has 0 radical (unpaired) electrons. The van der Waals surface area contributed by atoms with E-state index in [1.165, 1.54) is 346 Å². The molecule has 2 aromatic carbocycles. The lowest BCUT2D eigenvalue weighted by Gasteiger charge is -2.21. The zero-order valence-electron chi connectivity index (χ0n) is 75.0. The summed E-state index contributed by atoms with van der Waals surface area (Å²) in [7, 11) is 1.83. The molecule has 0 saturated heterocycles. The largest absolute Gasteiger partial charge is 0.487 e. The molecular formula is C102H150O2S12. The first-order chi connectivity index (χ1) is 56.8. The van der Waals surface area contributed by atoms with Crippen LogP contribution in [0.2, 0.25) is 0 Å². The van der Waals surface area contributed by atoms with E-state index in [1.54, 1.807) is 31.0 Å². The Kier molecular flexibility index (Phi) is 44.9. The van der Waals surface area contributed by atoms with E-state index < -0.39 is 0 Å². The maximum atomic E-state index is 12.5. The third-order valence-electron chi connectivity index (χ3n) is 25.3. The highest BCUT2D eigenvalue weighted by atomic mass is 32.2. The molecule has 0 amide bonds. The fraction of sp³-hybridized carbons (Fsp3) is 0.637. The summed E-state index contributed by atoms with van der Waals surface area (Å²) in [5.74, 6) is 15.6. The summed E-state index contributed by atoms with van der Waals surface area (Å²) in [6, 6.07) is 19.9. The van der Waals surface area contributed by atoms with E-state index in [1.807, 2.05) is 41.1 Å². The number of fused-ring (bicyclic) bond motifs is 12. The van der Waals surface area contributed by atoms with Crippen molar-refractivity contribution in [2.45, 2.75) is 316 Å². The van der Waals surface area contributed by atoms with E-state index in [4.69, 9.17) is 4.74 Å². The van der Waals surface area contributed by atoms with Crippen molar-refractivity contribution in [1.29, 1.82) is 0 Å². The molecule has 4 heterocycles. The van der Waals surface area contributed by atoms with Gasteiger partial charge in [0.15, 0.2) is 11.3 Å². The molecule has 4 aliphatic carbocycles. The fourth-order valence-corrected chi connectivity index (χ4v) is 32.9. The van der Waals surface area contributed by atoms with Crippen molar-refractivity contribution >= 4 is 168 Å². The number of thiophene rings is 4. The molecule has 116 heavy (non-hydrogen) atoms. The van der Waals surface area contributed by atoms with Crippen molar-refractivity contribution in [3.05, 3.63) is 126 Å². The van der Waals surface area contributed by atoms with Gasteiger partial charge in [0.05, 0.1) is 12.0 Å². The summed E-state index contributed by atoms with van der Waals surface area (Å²) >= 11 is 24.8. The lowest BCUT2D eigenvalue weighted by atomic mass is 9.98. The van der Waals surface area contributed by atoms with E-state index in [0.29, 0.717) is 11.8 Å². The van der Waals surface area contributed by atoms with Crippen molar-refractivity contribution in [1.82, 2.24) is 0 Å². The molecule has 4 aliphatic rings. The number of carbonyl (C=O) groups excluding carboxylic acids is 1. The first-order valence-corrected chi connectivity index (χ1v) is 57.9. The van der Waals surface area contributed by atoms with Gasteiger partial charge >= 0.3 is 0 Å². The minimum atomic E-state index is 0.715. The molecule has 8 unspecified atom stereocenters. The number of ether oxygens (including phenoxy) is 1. The number of carbonyl (C=O) groups is 1. The quantitative estimate of drug-likeness (QED) is 0.0343. The number of hydrogen-bond acceptors (Lipinski definition) is 14. The van der Waals surface area contributed by atoms with Gasteiger partial charge in [0.1, 0.15) is 0 Å². The average molecular weight is 1790 g/mol.